The predicted octanol–water partition coefficient (Wildman–Crippen LogP) is 3.78. The second-order valence-electron chi connectivity index (χ2n) is 8.14. The fraction of sp³-hybridized carbons (Fsp3) is 0.400. The van der Waals surface area contributed by atoms with Crippen LogP contribution in [0.3, 0.4) is 0 Å². The van der Waals surface area contributed by atoms with Gasteiger partial charge in [-0.3, -0.25) is 4.90 Å². The number of hydrogen-bond acceptors (Lipinski definition) is 5. The first-order chi connectivity index (χ1) is 15.5. The molecule has 2 heterocycles. The van der Waals surface area contributed by atoms with Gasteiger partial charge in [-0.25, -0.2) is 4.79 Å². The Morgan fingerprint density at radius 3 is 2.66 bits per heavy atom. The quantitative estimate of drug-likeness (QED) is 0.520. The molecule has 3 aromatic rings. The molecule has 2 aromatic carbocycles. The van der Waals surface area contributed by atoms with Crippen molar-refractivity contribution in [3.63, 3.8) is 0 Å². The van der Waals surface area contributed by atoms with E-state index in [0.717, 1.165) is 60.1 Å². The molecular formula is C25H29ClNO5+. The lowest BCUT2D eigenvalue weighted by Crippen LogP contribution is -3.12. The lowest BCUT2D eigenvalue weighted by atomic mass is 10.0. The summed E-state index contributed by atoms with van der Waals surface area (Å²) in [6.45, 7) is 4.17. The second-order valence-corrected chi connectivity index (χ2v) is 8.55. The molecule has 1 aliphatic heterocycles. The van der Waals surface area contributed by atoms with Crippen LogP contribution in [0.15, 0.2) is 39.5 Å². The van der Waals surface area contributed by atoms with E-state index in [2.05, 4.69) is 6.92 Å². The Kier molecular flexibility index (Phi) is 6.92. The SMILES string of the molecule is CCCCc1cc(=O)oc2c3c(c(Cl)cc12)OC[NH+](CCc1ccc(OC)c(OC)c1)C3. The standard InChI is InChI=1S/C25H28ClNO5/c1-4-5-6-17-12-23(28)32-24-18(17)13-20(26)25-19(24)14-27(15-31-25)10-9-16-7-8-21(29-2)22(11-16)30-3/h7-8,11-13H,4-6,9-10,14-15H2,1-3H3/p+1. The highest BCUT2D eigenvalue weighted by Gasteiger charge is 2.27. The molecule has 32 heavy (non-hydrogen) atoms. The molecule has 6 nitrogen and oxygen atoms in total. The van der Waals surface area contributed by atoms with Crippen molar-refractivity contribution in [3.05, 3.63) is 62.5 Å². The third kappa shape index (κ3) is 4.57. The molecule has 1 atom stereocenters. The molecule has 4 rings (SSSR count). The molecule has 0 aliphatic carbocycles. The van der Waals surface area contributed by atoms with Gasteiger partial charge in [0, 0.05) is 17.9 Å². The number of halogens is 1. The van der Waals surface area contributed by atoms with Gasteiger partial charge in [-0.1, -0.05) is 31.0 Å². The zero-order chi connectivity index (χ0) is 22.7. The Morgan fingerprint density at radius 2 is 1.91 bits per heavy atom. The van der Waals surface area contributed by atoms with Crippen LogP contribution >= 0.6 is 11.6 Å². The van der Waals surface area contributed by atoms with E-state index >= 15 is 0 Å². The fourth-order valence-electron chi connectivity index (χ4n) is 4.26. The van der Waals surface area contributed by atoms with Gasteiger partial charge in [0.1, 0.15) is 6.54 Å². The summed E-state index contributed by atoms with van der Waals surface area (Å²) in [4.78, 5) is 13.5. The number of benzene rings is 2. The van der Waals surface area contributed by atoms with Crippen molar-refractivity contribution < 1.29 is 23.5 Å². The Hall–Kier alpha value is -2.70. The summed E-state index contributed by atoms with van der Waals surface area (Å²) >= 11 is 6.57. The molecule has 0 saturated heterocycles. The summed E-state index contributed by atoms with van der Waals surface area (Å²) < 4.78 is 22.4. The molecule has 1 unspecified atom stereocenters. The van der Waals surface area contributed by atoms with Crippen LogP contribution in [0, 0.1) is 0 Å². The van der Waals surface area contributed by atoms with Crippen LogP contribution in [0.25, 0.3) is 11.0 Å². The minimum Gasteiger partial charge on any atom is -0.493 e. The van der Waals surface area contributed by atoms with Crippen LogP contribution in [0.1, 0.15) is 36.5 Å². The van der Waals surface area contributed by atoms with Crippen molar-refractivity contribution in [2.45, 2.75) is 39.2 Å². The summed E-state index contributed by atoms with van der Waals surface area (Å²) in [6.07, 6.45) is 3.73. The van der Waals surface area contributed by atoms with Crippen molar-refractivity contribution in [3.8, 4) is 17.2 Å². The molecule has 1 N–H and O–H groups in total. The normalized spacial score (nSPS) is 15.3. The lowest BCUT2D eigenvalue weighted by molar-refractivity contribution is -0.932. The topological polar surface area (TPSA) is 62.3 Å². The number of hydrogen-bond donors (Lipinski definition) is 1. The van der Waals surface area contributed by atoms with Crippen molar-refractivity contribution in [1.82, 2.24) is 0 Å². The number of unbranched alkanes of at least 4 members (excludes halogenated alkanes) is 1. The summed E-state index contributed by atoms with van der Waals surface area (Å²) in [5.41, 5.74) is 3.29. The van der Waals surface area contributed by atoms with E-state index in [1.54, 1.807) is 20.3 Å². The first-order valence-electron chi connectivity index (χ1n) is 11.0. The van der Waals surface area contributed by atoms with E-state index in [9.17, 15) is 4.79 Å². The van der Waals surface area contributed by atoms with E-state index < -0.39 is 0 Å². The molecule has 0 amide bonds. The summed E-state index contributed by atoms with van der Waals surface area (Å²) in [6, 6.07) is 9.43. The number of rotatable bonds is 8. The number of fused-ring (bicyclic) bond motifs is 3. The van der Waals surface area contributed by atoms with E-state index in [0.29, 0.717) is 35.4 Å². The second kappa shape index (κ2) is 9.84. The van der Waals surface area contributed by atoms with Crippen LogP contribution in [-0.2, 0) is 19.4 Å². The van der Waals surface area contributed by atoms with E-state index in [-0.39, 0.29) is 5.63 Å². The summed E-state index contributed by atoms with van der Waals surface area (Å²) in [7, 11) is 3.27. The highest BCUT2D eigenvalue weighted by Crippen LogP contribution is 2.37. The van der Waals surface area contributed by atoms with Gasteiger partial charge in [-0.15, -0.1) is 0 Å². The highest BCUT2D eigenvalue weighted by molar-refractivity contribution is 6.33. The van der Waals surface area contributed by atoms with Crippen LogP contribution in [0.5, 0.6) is 17.2 Å². The number of ether oxygens (including phenoxy) is 3. The minimum atomic E-state index is -0.328. The zero-order valence-electron chi connectivity index (χ0n) is 18.8. The molecule has 0 saturated carbocycles. The number of quaternary nitrogens is 1. The monoisotopic (exact) mass is 458 g/mol. The Balaban J connectivity index is 1.59. The van der Waals surface area contributed by atoms with E-state index in [4.69, 9.17) is 30.2 Å². The third-order valence-corrected chi connectivity index (χ3v) is 6.26. The molecule has 1 aliphatic rings. The number of nitrogens with one attached hydrogen (secondary N) is 1. The minimum absolute atomic E-state index is 0.328. The van der Waals surface area contributed by atoms with E-state index in [1.165, 1.54) is 4.90 Å². The van der Waals surface area contributed by atoms with Crippen LogP contribution < -0.4 is 24.7 Å². The third-order valence-electron chi connectivity index (χ3n) is 5.98. The van der Waals surface area contributed by atoms with Gasteiger partial charge in [0.2, 0.25) is 6.73 Å². The van der Waals surface area contributed by atoms with Gasteiger partial charge in [0.15, 0.2) is 22.8 Å². The molecule has 1 aromatic heterocycles. The van der Waals surface area contributed by atoms with Gasteiger partial charge >= 0.3 is 5.63 Å². The lowest BCUT2D eigenvalue weighted by Gasteiger charge is -2.27. The first kappa shape index (κ1) is 22.5. The van der Waals surface area contributed by atoms with Gasteiger partial charge in [-0.2, -0.15) is 0 Å². The summed E-state index contributed by atoms with van der Waals surface area (Å²) in [5.74, 6) is 2.07. The molecule has 0 spiro atoms. The van der Waals surface area contributed by atoms with Gasteiger partial charge in [0.25, 0.3) is 0 Å². The average Bonchev–Trinajstić information content (AvgIpc) is 2.81. The van der Waals surface area contributed by atoms with Crippen LogP contribution in [0.4, 0.5) is 0 Å². The maximum absolute atomic E-state index is 12.3. The summed E-state index contributed by atoms with van der Waals surface area (Å²) in [5, 5.41) is 1.48. The average molecular weight is 459 g/mol. The fourth-order valence-corrected chi connectivity index (χ4v) is 4.53. The molecule has 0 fully saturated rings. The molecular weight excluding hydrogens is 430 g/mol. The number of methoxy groups -OCH3 is 2. The van der Waals surface area contributed by atoms with Gasteiger partial charge in [-0.05, 0) is 42.2 Å². The van der Waals surface area contributed by atoms with E-state index in [1.807, 2.05) is 24.3 Å². The highest BCUT2D eigenvalue weighted by atomic mass is 35.5. The van der Waals surface area contributed by atoms with Crippen molar-refractivity contribution >= 4 is 22.6 Å². The van der Waals surface area contributed by atoms with Crippen molar-refractivity contribution in [1.29, 1.82) is 0 Å². The Morgan fingerprint density at radius 1 is 1.09 bits per heavy atom. The van der Waals surface area contributed by atoms with Crippen molar-refractivity contribution in [2.75, 3.05) is 27.5 Å². The molecule has 0 bridgehead atoms. The maximum atomic E-state index is 12.3. The zero-order valence-corrected chi connectivity index (χ0v) is 19.5. The predicted molar refractivity (Wildman–Crippen MR) is 124 cm³/mol. The van der Waals surface area contributed by atoms with Crippen molar-refractivity contribution in [2.24, 2.45) is 0 Å². The van der Waals surface area contributed by atoms with Gasteiger partial charge < -0.3 is 18.6 Å². The molecule has 7 heteroatoms. The van der Waals surface area contributed by atoms with Crippen LogP contribution in [0.2, 0.25) is 5.02 Å². The number of aryl methyl sites for hydroxylation is 1. The molecule has 170 valence electrons. The Bertz CT molecular complexity index is 1170. The molecule has 0 radical (unpaired) electrons. The van der Waals surface area contributed by atoms with Gasteiger partial charge in [0.05, 0.1) is 31.4 Å². The maximum Gasteiger partial charge on any atom is 0.336 e. The van der Waals surface area contributed by atoms with Crippen LogP contribution in [-0.4, -0.2) is 27.5 Å². The smallest absolute Gasteiger partial charge is 0.336 e. The largest absolute Gasteiger partial charge is 0.493 e. The first-order valence-corrected chi connectivity index (χ1v) is 11.4. The Labute approximate surface area is 192 Å².